The molecule has 2 saturated carbocycles. The van der Waals surface area contributed by atoms with E-state index in [0.29, 0.717) is 0 Å². The summed E-state index contributed by atoms with van der Waals surface area (Å²) in [5, 5.41) is 3.62. The van der Waals surface area contributed by atoms with Crippen molar-refractivity contribution < 1.29 is 0 Å². The Morgan fingerprint density at radius 3 is 1.77 bits per heavy atom. The molecule has 2 aliphatic carbocycles. The Kier molecular flexibility index (Phi) is 8.08. The molecule has 3 heteroatoms. The first kappa shape index (κ1) is 21.2. The van der Waals surface area contributed by atoms with Gasteiger partial charge in [-0.3, -0.25) is 4.90 Å². The van der Waals surface area contributed by atoms with Crippen molar-refractivity contribution in [2.45, 2.75) is 76.3 Å². The molecular weight excluding hydrogens is 366 g/mol. The van der Waals surface area contributed by atoms with Crippen molar-refractivity contribution in [2.24, 2.45) is 0 Å². The molecule has 1 N–H and O–H groups in total. The summed E-state index contributed by atoms with van der Waals surface area (Å²) in [6.07, 6.45) is 14.1. The van der Waals surface area contributed by atoms with Gasteiger partial charge in [-0.15, -0.1) is 0 Å². The van der Waals surface area contributed by atoms with Gasteiger partial charge in [-0.05, 0) is 49.9 Å². The van der Waals surface area contributed by atoms with Gasteiger partial charge in [0, 0.05) is 36.5 Å². The first-order chi connectivity index (χ1) is 14.9. The van der Waals surface area contributed by atoms with Crippen LogP contribution in [0.15, 0.2) is 60.7 Å². The normalized spacial score (nSPS) is 18.4. The second-order valence-electron chi connectivity index (χ2n) is 9.13. The number of hydrogen-bond donors (Lipinski definition) is 1. The Morgan fingerprint density at radius 1 is 0.667 bits per heavy atom. The summed E-state index contributed by atoms with van der Waals surface area (Å²) in [5.74, 6) is 0. The van der Waals surface area contributed by atoms with E-state index in [2.05, 4.69) is 75.8 Å². The van der Waals surface area contributed by atoms with E-state index in [9.17, 15) is 0 Å². The lowest BCUT2D eigenvalue weighted by Gasteiger charge is -2.44. The second-order valence-corrected chi connectivity index (χ2v) is 9.13. The highest BCUT2D eigenvalue weighted by Crippen LogP contribution is 2.31. The molecule has 0 heterocycles. The van der Waals surface area contributed by atoms with Gasteiger partial charge >= 0.3 is 0 Å². The van der Waals surface area contributed by atoms with Crippen LogP contribution in [0.2, 0.25) is 0 Å². The molecule has 0 unspecified atom stereocenters. The summed E-state index contributed by atoms with van der Waals surface area (Å²) in [6, 6.07) is 23.2. The SMILES string of the molecule is c1ccc(NCCN(CN(C2CCCCC2)C2CCCCC2)c2ccccc2)cc1. The highest BCUT2D eigenvalue weighted by atomic mass is 15.3. The third-order valence-electron chi connectivity index (χ3n) is 7.03. The molecule has 2 aromatic rings. The molecule has 2 aliphatic rings. The van der Waals surface area contributed by atoms with Crippen molar-refractivity contribution >= 4 is 11.4 Å². The molecule has 0 radical (unpaired) electrons. The fourth-order valence-corrected chi connectivity index (χ4v) is 5.36. The minimum atomic E-state index is 0.773. The van der Waals surface area contributed by atoms with Crippen molar-refractivity contribution in [3.05, 3.63) is 60.7 Å². The Bertz CT molecular complexity index is 687. The zero-order valence-electron chi connectivity index (χ0n) is 18.5. The summed E-state index contributed by atoms with van der Waals surface area (Å²) < 4.78 is 0. The van der Waals surface area contributed by atoms with Gasteiger partial charge in [0.25, 0.3) is 0 Å². The lowest BCUT2D eigenvalue weighted by molar-refractivity contribution is 0.0810. The number of hydrogen-bond acceptors (Lipinski definition) is 3. The summed E-state index contributed by atoms with van der Waals surface area (Å²) in [5.41, 5.74) is 2.56. The Balaban J connectivity index is 1.47. The highest BCUT2D eigenvalue weighted by molar-refractivity contribution is 5.47. The van der Waals surface area contributed by atoms with E-state index in [1.165, 1.54) is 75.6 Å². The van der Waals surface area contributed by atoms with Gasteiger partial charge < -0.3 is 10.2 Å². The summed E-state index contributed by atoms with van der Waals surface area (Å²) in [7, 11) is 0. The molecule has 4 rings (SSSR count). The largest absolute Gasteiger partial charge is 0.383 e. The maximum Gasteiger partial charge on any atom is 0.0712 e. The van der Waals surface area contributed by atoms with E-state index in [-0.39, 0.29) is 0 Å². The number of para-hydroxylation sites is 2. The van der Waals surface area contributed by atoms with Crippen LogP contribution in [0.25, 0.3) is 0 Å². The molecule has 0 aromatic heterocycles. The molecule has 0 aliphatic heterocycles. The van der Waals surface area contributed by atoms with Crippen molar-refractivity contribution in [2.75, 3.05) is 30.0 Å². The van der Waals surface area contributed by atoms with Crippen LogP contribution in [0.4, 0.5) is 11.4 Å². The average molecular weight is 406 g/mol. The number of anilines is 2. The van der Waals surface area contributed by atoms with E-state index in [0.717, 1.165) is 31.8 Å². The summed E-state index contributed by atoms with van der Waals surface area (Å²) in [4.78, 5) is 5.52. The third kappa shape index (κ3) is 6.01. The van der Waals surface area contributed by atoms with E-state index < -0.39 is 0 Å². The standard InChI is InChI=1S/C27H39N3/c1-5-13-24(14-6-1)28-21-22-29(25-15-7-2-8-16-25)23-30(26-17-9-3-10-18-26)27-19-11-4-12-20-27/h1-2,5-8,13-16,26-28H,3-4,9-12,17-23H2. The molecule has 3 nitrogen and oxygen atoms in total. The van der Waals surface area contributed by atoms with Crippen LogP contribution in [0.5, 0.6) is 0 Å². The summed E-state index contributed by atoms with van der Waals surface area (Å²) in [6.45, 7) is 3.05. The highest BCUT2D eigenvalue weighted by Gasteiger charge is 2.30. The molecule has 2 fully saturated rings. The lowest BCUT2D eigenvalue weighted by atomic mass is 9.89. The van der Waals surface area contributed by atoms with Crippen molar-refractivity contribution in [3.63, 3.8) is 0 Å². The van der Waals surface area contributed by atoms with Crippen LogP contribution >= 0.6 is 0 Å². The molecule has 30 heavy (non-hydrogen) atoms. The molecule has 0 bridgehead atoms. The van der Waals surface area contributed by atoms with Crippen LogP contribution in [0.3, 0.4) is 0 Å². The van der Waals surface area contributed by atoms with Crippen LogP contribution < -0.4 is 10.2 Å². The predicted octanol–water partition coefficient (Wildman–Crippen LogP) is 6.53. The zero-order chi connectivity index (χ0) is 20.4. The lowest BCUT2D eigenvalue weighted by Crippen LogP contribution is -2.51. The number of nitrogens with one attached hydrogen (secondary N) is 1. The third-order valence-corrected chi connectivity index (χ3v) is 7.03. The Morgan fingerprint density at radius 2 is 1.20 bits per heavy atom. The maximum atomic E-state index is 3.62. The van der Waals surface area contributed by atoms with Gasteiger partial charge in [-0.1, -0.05) is 74.9 Å². The number of nitrogens with zero attached hydrogens (tertiary/aromatic N) is 2. The van der Waals surface area contributed by atoms with Gasteiger partial charge in [0.2, 0.25) is 0 Å². The van der Waals surface area contributed by atoms with Gasteiger partial charge in [-0.2, -0.15) is 0 Å². The fourth-order valence-electron chi connectivity index (χ4n) is 5.36. The van der Waals surface area contributed by atoms with Crippen LogP contribution in [0.1, 0.15) is 64.2 Å². The quantitative estimate of drug-likeness (QED) is 0.478. The van der Waals surface area contributed by atoms with Crippen LogP contribution in [-0.2, 0) is 0 Å². The Labute approximate surface area is 183 Å². The maximum absolute atomic E-state index is 3.62. The van der Waals surface area contributed by atoms with Gasteiger partial charge in [0.1, 0.15) is 0 Å². The van der Waals surface area contributed by atoms with Gasteiger partial charge in [-0.25, -0.2) is 0 Å². The van der Waals surface area contributed by atoms with Crippen molar-refractivity contribution in [3.8, 4) is 0 Å². The first-order valence-corrected chi connectivity index (χ1v) is 12.2. The van der Waals surface area contributed by atoms with Gasteiger partial charge in [0.15, 0.2) is 0 Å². The summed E-state index contributed by atoms with van der Waals surface area (Å²) >= 11 is 0. The molecule has 0 spiro atoms. The number of rotatable bonds is 9. The smallest absolute Gasteiger partial charge is 0.0712 e. The Hall–Kier alpha value is -2.00. The van der Waals surface area contributed by atoms with Crippen molar-refractivity contribution in [1.82, 2.24) is 4.90 Å². The minimum Gasteiger partial charge on any atom is -0.383 e. The topological polar surface area (TPSA) is 18.5 Å². The van der Waals surface area contributed by atoms with Gasteiger partial charge in [0.05, 0.1) is 6.67 Å². The minimum absolute atomic E-state index is 0.773. The van der Waals surface area contributed by atoms with Crippen LogP contribution in [-0.4, -0.2) is 36.7 Å². The molecule has 162 valence electrons. The molecular formula is C27H39N3. The number of benzene rings is 2. The second kappa shape index (κ2) is 11.4. The van der Waals surface area contributed by atoms with E-state index >= 15 is 0 Å². The molecule has 2 aromatic carbocycles. The monoisotopic (exact) mass is 405 g/mol. The van der Waals surface area contributed by atoms with E-state index in [1.54, 1.807) is 0 Å². The predicted molar refractivity (Wildman–Crippen MR) is 129 cm³/mol. The average Bonchev–Trinajstić information content (AvgIpc) is 2.83. The van der Waals surface area contributed by atoms with E-state index in [4.69, 9.17) is 0 Å². The molecule has 0 amide bonds. The first-order valence-electron chi connectivity index (χ1n) is 12.2. The van der Waals surface area contributed by atoms with E-state index in [1.807, 2.05) is 0 Å². The molecule has 0 saturated heterocycles. The zero-order valence-corrected chi connectivity index (χ0v) is 18.5. The van der Waals surface area contributed by atoms with Crippen LogP contribution in [0, 0.1) is 0 Å². The molecule has 0 atom stereocenters. The fraction of sp³-hybridized carbons (Fsp3) is 0.556. The van der Waals surface area contributed by atoms with Crippen molar-refractivity contribution in [1.29, 1.82) is 0 Å².